The number of hydrogen-bond donors (Lipinski definition) is 0. The van der Waals surface area contributed by atoms with E-state index >= 15 is 0 Å². The van der Waals surface area contributed by atoms with Gasteiger partial charge in [0.05, 0.1) is 12.4 Å². The summed E-state index contributed by atoms with van der Waals surface area (Å²) >= 11 is 3.48. The Morgan fingerprint density at radius 1 is 1.42 bits per heavy atom. The molecule has 2 rings (SSSR count). The SMILES string of the molecule is CCOc1ccc(C2SCC(=O)N2CCSC)cc1. The first-order valence-corrected chi connectivity index (χ1v) is 8.83. The molecule has 1 fully saturated rings. The molecule has 19 heavy (non-hydrogen) atoms. The molecule has 1 aromatic rings. The second-order valence-electron chi connectivity index (χ2n) is 4.25. The Hall–Kier alpha value is -0.810. The minimum atomic E-state index is 0.162. The molecule has 5 heteroatoms. The lowest BCUT2D eigenvalue weighted by Crippen LogP contribution is -2.30. The van der Waals surface area contributed by atoms with Crippen molar-refractivity contribution in [1.29, 1.82) is 0 Å². The Bertz CT molecular complexity index is 422. The summed E-state index contributed by atoms with van der Waals surface area (Å²) in [6.45, 7) is 3.48. The van der Waals surface area contributed by atoms with Gasteiger partial charge in [0.1, 0.15) is 11.1 Å². The standard InChI is InChI=1S/C14H19NO2S2/c1-3-17-12-6-4-11(5-7-12)14-15(8-9-18-2)13(16)10-19-14/h4-7,14H,3,8-10H2,1-2H3. The monoisotopic (exact) mass is 297 g/mol. The molecule has 1 aliphatic heterocycles. The molecule has 0 radical (unpaired) electrons. The maximum Gasteiger partial charge on any atom is 0.233 e. The molecule has 0 aliphatic carbocycles. The quantitative estimate of drug-likeness (QED) is 0.807. The molecule has 0 spiro atoms. The second kappa shape index (κ2) is 7.10. The zero-order chi connectivity index (χ0) is 13.7. The van der Waals surface area contributed by atoms with E-state index in [1.54, 1.807) is 23.5 Å². The topological polar surface area (TPSA) is 29.5 Å². The molecule has 1 aromatic carbocycles. The smallest absolute Gasteiger partial charge is 0.233 e. The van der Waals surface area contributed by atoms with Crippen LogP contribution in [-0.4, -0.2) is 41.7 Å². The van der Waals surface area contributed by atoms with Crippen LogP contribution in [0, 0.1) is 0 Å². The lowest BCUT2D eigenvalue weighted by atomic mass is 10.2. The first-order chi connectivity index (χ1) is 9.26. The van der Waals surface area contributed by atoms with Crippen LogP contribution in [0.4, 0.5) is 0 Å². The molecule has 1 saturated heterocycles. The summed E-state index contributed by atoms with van der Waals surface area (Å²) < 4.78 is 5.45. The lowest BCUT2D eigenvalue weighted by molar-refractivity contribution is -0.127. The van der Waals surface area contributed by atoms with Gasteiger partial charge in [0.2, 0.25) is 5.91 Å². The molecule has 3 nitrogen and oxygen atoms in total. The van der Waals surface area contributed by atoms with Crippen LogP contribution < -0.4 is 4.74 Å². The summed E-state index contributed by atoms with van der Waals surface area (Å²) in [7, 11) is 0. The predicted octanol–water partition coefficient (Wildman–Crippen LogP) is 3.02. The molecule has 104 valence electrons. The molecule has 1 unspecified atom stereocenters. The molecule has 0 aromatic heterocycles. The van der Waals surface area contributed by atoms with Crippen LogP contribution in [0.1, 0.15) is 17.9 Å². The highest BCUT2D eigenvalue weighted by atomic mass is 32.2. The van der Waals surface area contributed by atoms with Gasteiger partial charge in [-0.3, -0.25) is 4.79 Å². The third-order valence-electron chi connectivity index (χ3n) is 2.98. The van der Waals surface area contributed by atoms with Crippen molar-refractivity contribution in [3.8, 4) is 5.75 Å². The number of hydrogen-bond acceptors (Lipinski definition) is 4. The normalized spacial score (nSPS) is 18.9. The lowest BCUT2D eigenvalue weighted by Gasteiger charge is -2.24. The van der Waals surface area contributed by atoms with Gasteiger partial charge in [-0.1, -0.05) is 12.1 Å². The van der Waals surface area contributed by atoms with E-state index in [2.05, 4.69) is 18.4 Å². The largest absolute Gasteiger partial charge is 0.494 e. The number of carbonyl (C=O) groups excluding carboxylic acids is 1. The summed E-state index contributed by atoms with van der Waals surface area (Å²) in [6.07, 6.45) is 2.07. The van der Waals surface area contributed by atoms with Crippen LogP contribution in [0.25, 0.3) is 0 Å². The molecule has 1 aliphatic rings. The minimum Gasteiger partial charge on any atom is -0.494 e. The average molecular weight is 297 g/mol. The Balaban J connectivity index is 2.08. The number of amides is 1. The predicted molar refractivity (Wildman–Crippen MR) is 82.9 cm³/mol. The van der Waals surface area contributed by atoms with Crippen molar-refractivity contribution in [2.45, 2.75) is 12.3 Å². The Morgan fingerprint density at radius 2 is 2.16 bits per heavy atom. The number of ether oxygens (including phenoxy) is 1. The number of nitrogens with zero attached hydrogens (tertiary/aromatic N) is 1. The molecule has 0 bridgehead atoms. The highest BCUT2D eigenvalue weighted by Crippen LogP contribution is 2.38. The van der Waals surface area contributed by atoms with Gasteiger partial charge in [-0.15, -0.1) is 11.8 Å². The van der Waals surface area contributed by atoms with E-state index in [1.165, 1.54) is 5.56 Å². The van der Waals surface area contributed by atoms with Gasteiger partial charge < -0.3 is 9.64 Å². The van der Waals surface area contributed by atoms with Crippen molar-refractivity contribution in [2.24, 2.45) is 0 Å². The zero-order valence-electron chi connectivity index (χ0n) is 11.3. The fraction of sp³-hybridized carbons (Fsp3) is 0.500. The zero-order valence-corrected chi connectivity index (χ0v) is 12.9. The van der Waals surface area contributed by atoms with Gasteiger partial charge in [0.15, 0.2) is 0 Å². The van der Waals surface area contributed by atoms with Crippen LogP contribution in [0.2, 0.25) is 0 Å². The fourth-order valence-electron chi connectivity index (χ4n) is 2.06. The van der Waals surface area contributed by atoms with E-state index in [4.69, 9.17) is 4.74 Å². The van der Waals surface area contributed by atoms with Crippen molar-refractivity contribution >= 4 is 29.4 Å². The Labute approximate surface area is 123 Å². The molecule has 1 heterocycles. The van der Waals surface area contributed by atoms with Crippen molar-refractivity contribution < 1.29 is 9.53 Å². The van der Waals surface area contributed by atoms with Gasteiger partial charge in [-0.25, -0.2) is 0 Å². The van der Waals surface area contributed by atoms with Crippen molar-refractivity contribution in [3.63, 3.8) is 0 Å². The third kappa shape index (κ3) is 3.60. The summed E-state index contributed by atoms with van der Waals surface area (Å²) in [5.41, 5.74) is 1.18. The maximum absolute atomic E-state index is 11.9. The minimum absolute atomic E-state index is 0.162. The van der Waals surface area contributed by atoms with Crippen LogP contribution >= 0.6 is 23.5 Å². The molecular formula is C14H19NO2S2. The Morgan fingerprint density at radius 3 is 2.79 bits per heavy atom. The van der Waals surface area contributed by atoms with E-state index in [0.29, 0.717) is 12.4 Å². The maximum atomic E-state index is 11.9. The van der Waals surface area contributed by atoms with Gasteiger partial charge >= 0.3 is 0 Å². The molecule has 0 N–H and O–H groups in total. The van der Waals surface area contributed by atoms with Crippen LogP contribution in [0.15, 0.2) is 24.3 Å². The Kier molecular flexibility index (Phi) is 5.45. The van der Waals surface area contributed by atoms with Gasteiger partial charge in [0.25, 0.3) is 0 Å². The number of thioether (sulfide) groups is 2. The highest BCUT2D eigenvalue weighted by Gasteiger charge is 2.32. The molecule has 1 amide bonds. The van der Waals surface area contributed by atoms with Gasteiger partial charge in [-0.2, -0.15) is 11.8 Å². The number of rotatable bonds is 6. The second-order valence-corrected chi connectivity index (χ2v) is 6.30. The summed E-state index contributed by atoms with van der Waals surface area (Å²) in [6, 6.07) is 8.09. The van der Waals surface area contributed by atoms with E-state index in [9.17, 15) is 4.79 Å². The van der Waals surface area contributed by atoms with Crippen molar-refractivity contribution in [1.82, 2.24) is 4.90 Å². The van der Waals surface area contributed by atoms with E-state index in [-0.39, 0.29) is 11.3 Å². The number of benzene rings is 1. The third-order valence-corrected chi connectivity index (χ3v) is 4.83. The van der Waals surface area contributed by atoms with Gasteiger partial charge in [-0.05, 0) is 30.9 Å². The van der Waals surface area contributed by atoms with E-state index < -0.39 is 0 Å². The summed E-state index contributed by atoms with van der Waals surface area (Å²) in [4.78, 5) is 13.9. The van der Waals surface area contributed by atoms with Crippen molar-refractivity contribution in [3.05, 3.63) is 29.8 Å². The van der Waals surface area contributed by atoms with Crippen LogP contribution in [0.5, 0.6) is 5.75 Å². The molecule has 0 saturated carbocycles. The highest BCUT2D eigenvalue weighted by molar-refractivity contribution is 8.00. The van der Waals surface area contributed by atoms with E-state index in [0.717, 1.165) is 18.0 Å². The van der Waals surface area contributed by atoms with Crippen LogP contribution in [0.3, 0.4) is 0 Å². The summed E-state index contributed by atoms with van der Waals surface area (Å²) in [5.74, 6) is 2.71. The first-order valence-electron chi connectivity index (χ1n) is 6.39. The van der Waals surface area contributed by atoms with Crippen LogP contribution in [-0.2, 0) is 4.79 Å². The molecule has 1 atom stereocenters. The summed E-state index contributed by atoms with van der Waals surface area (Å²) in [5, 5.41) is 0.162. The molecular weight excluding hydrogens is 278 g/mol. The average Bonchev–Trinajstić information content (AvgIpc) is 2.79. The fourth-order valence-corrected chi connectivity index (χ4v) is 3.66. The van der Waals surface area contributed by atoms with Crippen molar-refractivity contribution in [2.75, 3.05) is 30.9 Å². The van der Waals surface area contributed by atoms with Gasteiger partial charge in [0, 0.05) is 12.3 Å². The number of carbonyl (C=O) groups is 1. The van der Waals surface area contributed by atoms with E-state index in [1.807, 2.05) is 24.0 Å². The first kappa shape index (κ1) is 14.6.